The third-order valence-corrected chi connectivity index (χ3v) is 6.14. The van der Waals surface area contributed by atoms with Crippen LogP contribution in [0.5, 0.6) is 0 Å². The Morgan fingerprint density at radius 1 is 1.31 bits per heavy atom. The van der Waals surface area contributed by atoms with Gasteiger partial charge in [-0.25, -0.2) is 13.4 Å². The Balaban J connectivity index is 1.89. The van der Waals surface area contributed by atoms with Gasteiger partial charge in [0.2, 0.25) is 0 Å². The normalized spacial score (nSPS) is 16.7. The molecule has 2 heterocycles. The smallest absolute Gasteiger partial charge is 0.191 e. The largest absolute Gasteiger partial charge is 0.357 e. The zero-order chi connectivity index (χ0) is 21.5. The summed E-state index contributed by atoms with van der Waals surface area (Å²) >= 11 is 0. The van der Waals surface area contributed by atoms with E-state index in [2.05, 4.69) is 53.4 Å². The molecule has 2 rings (SSSR count). The summed E-state index contributed by atoms with van der Waals surface area (Å²) < 4.78 is 22.9. The number of guanidine groups is 1. The molecule has 0 aromatic carbocycles. The van der Waals surface area contributed by atoms with Crippen LogP contribution in [0.15, 0.2) is 23.2 Å². The summed E-state index contributed by atoms with van der Waals surface area (Å²) in [6.45, 7) is 11.5. The average molecular weight is 424 g/mol. The molecular weight excluding hydrogens is 386 g/mol. The van der Waals surface area contributed by atoms with Crippen LogP contribution < -0.4 is 15.5 Å². The molecule has 1 aliphatic rings. The number of rotatable bonds is 8. The van der Waals surface area contributed by atoms with E-state index in [9.17, 15) is 8.42 Å². The van der Waals surface area contributed by atoms with E-state index in [4.69, 9.17) is 4.99 Å². The summed E-state index contributed by atoms with van der Waals surface area (Å²) in [6, 6.07) is 6.52. The summed E-state index contributed by atoms with van der Waals surface area (Å²) in [5, 5.41) is 6.88. The first-order valence-electron chi connectivity index (χ1n) is 10.5. The molecule has 164 valence electrons. The van der Waals surface area contributed by atoms with Crippen molar-refractivity contribution in [1.29, 1.82) is 0 Å². The standard InChI is InChI=1S/C21H37N5O2S/c1-6-22-20(23-16-21(3,4)12-15-29(5,27)28)25-18-10-13-26(14-11-18)19-9-7-8-17(2)24-19/h7-9,18H,6,10-16H2,1-5H3,(H2,22,23,25). The molecule has 1 aliphatic heterocycles. The van der Waals surface area contributed by atoms with Gasteiger partial charge < -0.3 is 15.5 Å². The van der Waals surface area contributed by atoms with Crippen LogP contribution in [0.1, 0.15) is 45.7 Å². The van der Waals surface area contributed by atoms with E-state index in [1.165, 1.54) is 6.26 Å². The molecule has 7 nitrogen and oxygen atoms in total. The number of hydrogen-bond acceptors (Lipinski definition) is 5. The van der Waals surface area contributed by atoms with Crippen molar-refractivity contribution in [3.63, 3.8) is 0 Å². The van der Waals surface area contributed by atoms with E-state index in [0.717, 1.165) is 49.9 Å². The van der Waals surface area contributed by atoms with Crippen molar-refractivity contribution in [3.8, 4) is 0 Å². The Labute approximate surface area is 176 Å². The summed E-state index contributed by atoms with van der Waals surface area (Å²) in [5.74, 6) is 2.06. The number of hydrogen-bond donors (Lipinski definition) is 2. The number of aliphatic imine (C=N–C) groups is 1. The van der Waals surface area contributed by atoms with E-state index in [-0.39, 0.29) is 11.2 Å². The number of nitrogens with zero attached hydrogens (tertiary/aromatic N) is 3. The first kappa shape index (κ1) is 23.4. The van der Waals surface area contributed by atoms with Crippen LogP contribution in [0, 0.1) is 12.3 Å². The third-order valence-electron chi connectivity index (χ3n) is 5.19. The lowest BCUT2D eigenvalue weighted by molar-refractivity contribution is 0.364. The molecule has 0 atom stereocenters. The van der Waals surface area contributed by atoms with Gasteiger partial charge in [-0.15, -0.1) is 0 Å². The van der Waals surface area contributed by atoms with Crippen LogP contribution in [0.3, 0.4) is 0 Å². The summed E-state index contributed by atoms with van der Waals surface area (Å²) in [7, 11) is -2.95. The van der Waals surface area contributed by atoms with Crippen molar-refractivity contribution in [2.45, 2.75) is 53.0 Å². The van der Waals surface area contributed by atoms with Gasteiger partial charge in [0.25, 0.3) is 0 Å². The molecule has 0 aliphatic carbocycles. The van der Waals surface area contributed by atoms with Gasteiger partial charge in [-0.05, 0) is 50.7 Å². The molecule has 0 amide bonds. The highest BCUT2D eigenvalue weighted by molar-refractivity contribution is 7.90. The molecule has 8 heteroatoms. The van der Waals surface area contributed by atoms with Gasteiger partial charge in [0, 0.05) is 44.2 Å². The summed E-state index contributed by atoms with van der Waals surface area (Å²) in [5.41, 5.74) is 0.883. The van der Waals surface area contributed by atoms with Gasteiger partial charge in [-0.2, -0.15) is 0 Å². The molecule has 0 radical (unpaired) electrons. The predicted octanol–water partition coefficient (Wildman–Crippen LogP) is 2.37. The third kappa shape index (κ3) is 8.60. The fourth-order valence-electron chi connectivity index (χ4n) is 3.30. The number of piperidine rings is 1. The van der Waals surface area contributed by atoms with E-state index >= 15 is 0 Å². The highest BCUT2D eigenvalue weighted by Gasteiger charge is 2.23. The Hall–Kier alpha value is -1.83. The van der Waals surface area contributed by atoms with Crippen LogP contribution in [-0.2, 0) is 9.84 Å². The Kier molecular flexibility index (Phi) is 8.31. The van der Waals surface area contributed by atoms with E-state index < -0.39 is 9.84 Å². The van der Waals surface area contributed by atoms with Crippen LogP contribution in [-0.4, -0.2) is 63.6 Å². The molecule has 0 bridgehead atoms. The van der Waals surface area contributed by atoms with E-state index in [1.54, 1.807) is 0 Å². The quantitative estimate of drug-likeness (QED) is 0.493. The number of anilines is 1. The molecule has 1 fully saturated rings. The average Bonchev–Trinajstić information content (AvgIpc) is 2.65. The number of aryl methyl sites for hydroxylation is 1. The van der Waals surface area contributed by atoms with Crippen molar-refractivity contribution in [3.05, 3.63) is 23.9 Å². The highest BCUT2D eigenvalue weighted by Crippen LogP contribution is 2.22. The summed E-state index contributed by atoms with van der Waals surface area (Å²) in [4.78, 5) is 11.7. The lowest BCUT2D eigenvalue weighted by Gasteiger charge is -2.34. The monoisotopic (exact) mass is 423 g/mol. The molecule has 29 heavy (non-hydrogen) atoms. The molecular formula is C21H37N5O2S. The fourth-order valence-corrected chi connectivity index (χ4v) is 4.23. The van der Waals surface area contributed by atoms with Crippen molar-refractivity contribution in [2.24, 2.45) is 10.4 Å². The Morgan fingerprint density at radius 2 is 2.00 bits per heavy atom. The number of pyridine rings is 1. The van der Waals surface area contributed by atoms with Crippen LogP contribution in [0.25, 0.3) is 0 Å². The minimum atomic E-state index is -2.95. The zero-order valence-electron chi connectivity index (χ0n) is 18.5. The molecule has 1 saturated heterocycles. The molecule has 2 N–H and O–H groups in total. The minimum Gasteiger partial charge on any atom is -0.357 e. The Bertz CT molecular complexity index is 784. The van der Waals surface area contributed by atoms with Gasteiger partial charge in [0.1, 0.15) is 15.7 Å². The SMILES string of the molecule is CCNC(=NCC(C)(C)CCS(C)(=O)=O)NC1CCN(c2cccc(C)n2)CC1. The van der Waals surface area contributed by atoms with Gasteiger partial charge in [-0.3, -0.25) is 4.99 Å². The van der Waals surface area contributed by atoms with E-state index in [1.807, 2.05) is 13.0 Å². The first-order valence-corrected chi connectivity index (χ1v) is 12.6. The summed E-state index contributed by atoms with van der Waals surface area (Å²) in [6.07, 6.45) is 3.95. The van der Waals surface area contributed by atoms with Crippen LogP contribution >= 0.6 is 0 Å². The lowest BCUT2D eigenvalue weighted by atomic mass is 9.90. The molecule has 0 unspecified atom stereocenters. The van der Waals surface area contributed by atoms with Crippen LogP contribution in [0.2, 0.25) is 0 Å². The van der Waals surface area contributed by atoms with Crippen molar-refractivity contribution >= 4 is 21.6 Å². The van der Waals surface area contributed by atoms with E-state index in [0.29, 0.717) is 19.0 Å². The van der Waals surface area contributed by atoms with Gasteiger partial charge in [0.05, 0.1) is 5.75 Å². The molecule has 1 aromatic rings. The first-order chi connectivity index (χ1) is 13.6. The molecule has 1 aromatic heterocycles. The maximum Gasteiger partial charge on any atom is 0.191 e. The lowest BCUT2D eigenvalue weighted by Crippen LogP contribution is -2.49. The van der Waals surface area contributed by atoms with Gasteiger partial charge in [0.15, 0.2) is 5.96 Å². The van der Waals surface area contributed by atoms with Crippen LogP contribution in [0.4, 0.5) is 5.82 Å². The second kappa shape index (κ2) is 10.3. The Morgan fingerprint density at radius 3 is 2.59 bits per heavy atom. The zero-order valence-corrected chi connectivity index (χ0v) is 19.3. The number of nitrogens with one attached hydrogen (secondary N) is 2. The molecule has 0 saturated carbocycles. The fraction of sp³-hybridized carbons (Fsp3) is 0.714. The second-order valence-electron chi connectivity index (χ2n) is 8.78. The van der Waals surface area contributed by atoms with Gasteiger partial charge in [-0.1, -0.05) is 19.9 Å². The predicted molar refractivity (Wildman–Crippen MR) is 121 cm³/mol. The number of sulfone groups is 1. The van der Waals surface area contributed by atoms with Crippen molar-refractivity contribution in [2.75, 3.05) is 43.1 Å². The van der Waals surface area contributed by atoms with Crippen molar-refractivity contribution in [1.82, 2.24) is 15.6 Å². The highest BCUT2D eigenvalue weighted by atomic mass is 32.2. The van der Waals surface area contributed by atoms with Gasteiger partial charge >= 0.3 is 0 Å². The topological polar surface area (TPSA) is 86.7 Å². The maximum absolute atomic E-state index is 11.5. The molecule has 0 spiro atoms. The second-order valence-corrected chi connectivity index (χ2v) is 11.0. The maximum atomic E-state index is 11.5. The minimum absolute atomic E-state index is 0.161. The number of aromatic nitrogens is 1. The van der Waals surface area contributed by atoms with Crippen molar-refractivity contribution < 1.29 is 8.42 Å².